The van der Waals surface area contributed by atoms with Crippen LogP contribution in [0.1, 0.15) is 55.1 Å². The van der Waals surface area contributed by atoms with Gasteiger partial charge in [0.1, 0.15) is 17.7 Å². The molecule has 8 heteroatoms. The summed E-state index contributed by atoms with van der Waals surface area (Å²) in [5.41, 5.74) is -0.0799. The lowest BCUT2D eigenvalue weighted by Crippen LogP contribution is -2.49. The molecule has 28 heavy (non-hydrogen) atoms. The lowest BCUT2D eigenvalue weighted by Gasteiger charge is -2.22. The van der Waals surface area contributed by atoms with Gasteiger partial charge in [-0.1, -0.05) is 32.4 Å². The molecule has 1 aromatic carbocycles. The highest BCUT2D eigenvalue weighted by Crippen LogP contribution is 2.14. The van der Waals surface area contributed by atoms with Crippen molar-refractivity contribution in [2.45, 2.75) is 58.7 Å². The number of nitrogens with zero attached hydrogens (tertiary/aromatic N) is 3. The van der Waals surface area contributed by atoms with Crippen molar-refractivity contribution in [3.63, 3.8) is 0 Å². The third-order valence-electron chi connectivity index (χ3n) is 4.96. The molecule has 2 amide bonds. The molecule has 0 radical (unpaired) electrons. The molecule has 0 saturated carbocycles. The number of benzene rings is 1. The summed E-state index contributed by atoms with van der Waals surface area (Å²) >= 11 is 0. The number of aromatic nitrogens is 3. The minimum absolute atomic E-state index is 0.0799. The van der Waals surface area contributed by atoms with Crippen molar-refractivity contribution in [1.82, 2.24) is 25.4 Å². The van der Waals surface area contributed by atoms with Crippen molar-refractivity contribution in [2.75, 3.05) is 0 Å². The largest absolute Gasteiger partial charge is 0.347 e. The first-order valence-electron chi connectivity index (χ1n) is 9.71. The zero-order valence-electron chi connectivity index (χ0n) is 16.2. The first kappa shape index (κ1) is 20.0. The molecule has 7 nitrogen and oxygen atoms in total. The summed E-state index contributed by atoms with van der Waals surface area (Å²) in [6.07, 6.45) is 4.22. The van der Waals surface area contributed by atoms with Crippen LogP contribution < -0.4 is 10.6 Å². The van der Waals surface area contributed by atoms with Crippen LogP contribution >= 0.6 is 0 Å². The van der Waals surface area contributed by atoms with E-state index in [4.69, 9.17) is 0 Å². The van der Waals surface area contributed by atoms with Gasteiger partial charge in [0, 0.05) is 13.0 Å². The molecule has 2 heterocycles. The van der Waals surface area contributed by atoms with E-state index in [0.29, 0.717) is 5.82 Å². The van der Waals surface area contributed by atoms with Gasteiger partial charge in [-0.3, -0.25) is 9.59 Å². The van der Waals surface area contributed by atoms with E-state index >= 15 is 0 Å². The summed E-state index contributed by atoms with van der Waals surface area (Å²) in [4.78, 5) is 25.1. The highest BCUT2D eigenvalue weighted by Gasteiger charge is 2.26. The molecule has 0 fully saturated rings. The number of hydrogen-bond acceptors (Lipinski definition) is 4. The van der Waals surface area contributed by atoms with Crippen molar-refractivity contribution >= 4 is 11.8 Å². The molecular weight excluding hydrogens is 361 g/mol. The van der Waals surface area contributed by atoms with Gasteiger partial charge in [0.25, 0.3) is 5.91 Å². The maximum Gasteiger partial charge on any atom is 0.254 e. The molecule has 1 unspecified atom stereocenters. The lowest BCUT2D eigenvalue weighted by atomic mass is 10.0. The summed E-state index contributed by atoms with van der Waals surface area (Å²) in [5, 5.41) is 13.9. The number of amides is 2. The highest BCUT2D eigenvalue weighted by atomic mass is 19.1. The second-order valence-electron chi connectivity index (χ2n) is 7.39. The smallest absolute Gasteiger partial charge is 0.254 e. The number of carbonyl (C=O) groups is 2. The van der Waals surface area contributed by atoms with Gasteiger partial charge in [0.2, 0.25) is 5.91 Å². The van der Waals surface area contributed by atoms with Crippen LogP contribution in [-0.2, 0) is 24.3 Å². The Morgan fingerprint density at radius 1 is 1.18 bits per heavy atom. The van der Waals surface area contributed by atoms with E-state index in [2.05, 4.69) is 25.4 Å². The summed E-state index contributed by atoms with van der Waals surface area (Å²) < 4.78 is 15.9. The number of halogens is 1. The van der Waals surface area contributed by atoms with E-state index in [9.17, 15) is 14.0 Å². The van der Waals surface area contributed by atoms with Crippen LogP contribution in [0.5, 0.6) is 0 Å². The molecule has 2 aromatic rings. The number of hydrogen-bond donors (Lipinski definition) is 2. The fraction of sp³-hybridized carbons (Fsp3) is 0.500. The molecule has 0 bridgehead atoms. The summed E-state index contributed by atoms with van der Waals surface area (Å²) in [7, 11) is 0. The quantitative estimate of drug-likeness (QED) is 0.795. The molecular formula is C20H26FN5O2. The van der Waals surface area contributed by atoms with E-state index in [1.807, 2.05) is 13.8 Å². The van der Waals surface area contributed by atoms with Crippen LogP contribution in [0.3, 0.4) is 0 Å². The Kier molecular flexibility index (Phi) is 6.38. The van der Waals surface area contributed by atoms with Crippen molar-refractivity contribution < 1.29 is 14.0 Å². The second-order valence-corrected chi connectivity index (χ2v) is 7.39. The summed E-state index contributed by atoms with van der Waals surface area (Å²) in [6.45, 7) is 4.75. The highest BCUT2D eigenvalue weighted by molar-refractivity contribution is 5.97. The van der Waals surface area contributed by atoms with E-state index in [0.717, 1.165) is 38.1 Å². The minimum Gasteiger partial charge on any atom is -0.347 e. The topological polar surface area (TPSA) is 88.9 Å². The zero-order valence-corrected chi connectivity index (χ0v) is 16.2. The van der Waals surface area contributed by atoms with Crippen LogP contribution in [0.25, 0.3) is 0 Å². The standard InChI is InChI=1S/C20H26FN5O2/c1-13(2)18(23-19(27)14-8-5-6-9-15(14)21)20(28)22-12-17-25-24-16-10-4-3-7-11-26(16)17/h5-6,8-9,13,18H,3-4,7,10-12H2,1-2H3,(H,22,28)(H,23,27). The van der Waals surface area contributed by atoms with Crippen molar-refractivity contribution in [3.8, 4) is 0 Å². The first-order valence-corrected chi connectivity index (χ1v) is 9.71. The van der Waals surface area contributed by atoms with E-state index in [1.54, 1.807) is 6.07 Å². The fourth-order valence-corrected chi connectivity index (χ4v) is 3.35. The Morgan fingerprint density at radius 3 is 2.71 bits per heavy atom. The maximum atomic E-state index is 13.8. The Morgan fingerprint density at radius 2 is 1.96 bits per heavy atom. The second kappa shape index (κ2) is 8.95. The number of carbonyl (C=O) groups excluding carboxylic acids is 2. The molecule has 1 aromatic heterocycles. The van der Waals surface area contributed by atoms with Crippen LogP contribution in [0, 0.1) is 11.7 Å². The van der Waals surface area contributed by atoms with E-state index in [-0.39, 0.29) is 23.9 Å². The number of fused-ring (bicyclic) bond motifs is 1. The normalized spacial score (nSPS) is 14.9. The van der Waals surface area contributed by atoms with Crippen LogP contribution in [0.4, 0.5) is 4.39 Å². The van der Waals surface area contributed by atoms with Crippen molar-refractivity contribution in [3.05, 3.63) is 47.3 Å². The molecule has 3 rings (SSSR count). The fourth-order valence-electron chi connectivity index (χ4n) is 3.35. The average Bonchev–Trinajstić information content (AvgIpc) is 2.90. The number of nitrogens with one attached hydrogen (secondary N) is 2. The zero-order chi connectivity index (χ0) is 20.1. The third kappa shape index (κ3) is 4.55. The SMILES string of the molecule is CC(C)C(NC(=O)c1ccccc1F)C(=O)NCc1nnc2n1CCCCC2. The Labute approximate surface area is 163 Å². The predicted octanol–water partition coefficient (Wildman–Crippen LogP) is 2.21. The molecule has 150 valence electrons. The molecule has 1 atom stereocenters. The van der Waals surface area contributed by atoms with Crippen LogP contribution in [0.2, 0.25) is 0 Å². The van der Waals surface area contributed by atoms with Gasteiger partial charge in [0.05, 0.1) is 12.1 Å². The van der Waals surface area contributed by atoms with Crippen LogP contribution in [0.15, 0.2) is 24.3 Å². The Balaban J connectivity index is 1.65. The molecule has 1 aliphatic rings. The molecule has 1 aliphatic heterocycles. The van der Waals surface area contributed by atoms with Gasteiger partial charge >= 0.3 is 0 Å². The first-order chi connectivity index (χ1) is 13.5. The van der Waals surface area contributed by atoms with Gasteiger partial charge in [0.15, 0.2) is 5.82 Å². The van der Waals surface area contributed by atoms with Gasteiger partial charge in [-0.15, -0.1) is 10.2 Å². The maximum absolute atomic E-state index is 13.8. The van der Waals surface area contributed by atoms with Gasteiger partial charge in [-0.25, -0.2) is 4.39 Å². The lowest BCUT2D eigenvalue weighted by molar-refractivity contribution is -0.124. The van der Waals surface area contributed by atoms with Gasteiger partial charge in [-0.2, -0.15) is 0 Å². The van der Waals surface area contributed by atoms with Crippen LogP contribution in [-0.4, -0.2) is 32.6 Å². The molecule has 2 N–H and O–H groups in total. The van der Waals surface area contributed by atoms with Gasteiger partial charge < -0.3 is 15.2 Å². The Hall–Kier alpha value is -2.77. The summed E-state index contributed by atoms with van der Waals surface area (Å²) in [6, 6.07) is 4.93. The molecule has 0 spiro atoms. The number of aryl methyl sites for hydroxylation is 1. The Bertz CT molecular complexity index is 849. The summed E-state index contributed by atoms with van der Waals surface area (Å²) in [5.74, 6) is -0.0440. The number of rotatable bonds is 6. The predicted molar refractivity (Wildman–Crippen MR) is 102 cm³/mol. The van der Waals surface area contributed by atoms with Crippen molar-refractivity contribution in [2.24, 2.45) is 5.92 Å². The molecule has 0 aliphatic carbocycles. The average molecular weight is 387 g/mol. The minimum atomic E-state index is -0.779. The van der Waals surface area contributed by atoms with Gasteiger partial charge in [-0.05, 0) is 30.9 Å². The van der Waals surface area contributed by atoms with E-state index in [1.165, 1.54) is 18.2 Å². The molecule has 0 saturated heterocycles. The monoisotopic (exact) mass is 387 g/mol. The third-order valence-corrected chi connectivity index (χ3v) is 4.96. The van der Waals surface area contributed by atoms with Crippen molar-refractivity contribution in [1.29, 1.82) is 0 Å². The van der Waals surface area contributed by atoms with E-state index < -0.39 is 17.8 Å².